The number of ether oxygens (including phenoxy) is 1. The Morgan fingerprint density at radius 1 is 1.12 bits per heavy atom. The highest BCUT2D eigenvalue weighted by Gasteiger charge is 2.39. The van der Waals surface area contributed by atoms with Crippen molar-refractivity contribution in [2.75, 3.05) is 52.1 Å². The van der Waals surface area contributed by atoms with Crippen LogP contribution in [0.3, 0.4) is 0 Å². The summed E-state index contributed by atoms with van der Waals surface area (Å²) >= 11 is 2.13. The Kier molecular flexibility index (Phi) is 8.34. The van der Waals surface area contributed by atoms with Crippen LogP contribution < -0.4 is 21.1 Å². The molecule has 0 aromatic heterocycles. The number of nitrogen functional groups attached to an aromatic ring is 1. The lowest BCUT2D eigenvalue weighted by Crippen LogP contribution is -2.57. The van der Waals surface area contributed by atoms with E-state index in [0.29, 0.717) is 28.8 Å². The highest BCUT2D eigenvalue weighted by molar-refractivity contribution is 14.1. The summed E-state index contributed by atoms with van der Waals surface area (Å²) in [5, 5.41) is 6.62. The van der Waals surface area contributed by atoms with Gasteiger partial charge in [0, 0.05) is 47.5 Å². The van der Waals surface area contributed by atoms with Crippen molar-refractivity contribution in [1.29, 1.82) is 0 Å². The van der Waals surface area contributed by atoms with Crippen LogP contribution in [0.2, 0.25) is 0 Å². The molecule has 182 valence electrons. The van der Waals surface area contributed by atoms with Gasteiger partial charge in [0.2, 0.25) is 5.91 Å². The molecule has 3 fully saturated rings. The van der Waals surface area contributed by atoms with Gasteiger partial charge in [0.1, 0.15) is 5.75 Å². The van der Waals surface area contributed by atoms with Gasteiger partial charge in [-0.15, -0.1) is 0 Å². The van der Waals surface area contributed by atoms with Gasteiger partial charge in [-0.25, -0.2) is 0 Å². The van der Waals surface area contributed by atoms with Crippen molar-refractivity contribution in [1.82, 2.24) is 20.4 Å². The Morgan fingerprint density at radius 3 is 2.42 bits per heavy atom. The van der Waals surface area contributed by atoms with E-state index in [2.05, 4.69) is 43.0 Å². The van der Waals surface area contributed by atoms with Crippen molar-refractivity contribution in [2.24, 2.45) is 5.92 Å². The zero-order valence-corrected chi connectivity index (χ0v) is 21.6. The smallest absolute Gasteiger partial charge is 0.255 e. The number of methoxy groups -OCH3 is 1. The van der Waals surface area contributed by atoms with E-state index in [1.54, 1.807) is 19.2 Å². The number of likely N-dealkylation sites (tertiary alicyclic amines) is 2. The third kappa shape index (κ3) is 5.74. The summed E-state index contributed by atoms with van der Waals surface area (Å²) in [7, 11) is 1.55. The van der Waals surface area contributed by atoms with E-state index in [9.17, 15) is 9.59 Å². The first-order chi connectivity index (χ1) is 16.0. The number of rotatable bonds is 6. The van der Waals surface area contributed by atoms with Gasteiger partial charge in [-0.2, -0.15) is 0 Å². The topological polar surface area (TPSA) is 99.9 Å². The van der Waals surface area contributed by atoms with Crippen molar-refractivity contribution in [3.63, 3.8) is 0 Å². The van der Waals surface area contributed by atoms with Crippen molar-refractivity contribution in [3.05, 3.63) is 21.3 Å². The van der Waals surface area contributed by atoms with E-state index in [1.165, 1.54) is 0 Å². The first kappa shape index (κ1) is 24.5. The molecule has 4 N–H and O–H groups in total. The van der Waals surface area contributed by atoms with Gasteiger partial charge in [0.05, 0.1) is 18.7 Å². The molecule has 1 atom stereocenters. The van der Waals surface area contributed by atoms with E-state index in [1.807, 2.05) is 0 Å². The Hall–Kier alpha value is -1.59. The molecular weight excluding hydrogens is 533 g/mol. The molecule has 3 saturated heterocycles. The van der Waals surface area contributed by atoms with E-state index in [-0.39, 0.29) is 18.0 Å². The van der Waals surface area contributed by atoms with Gasteiger partial charge in [0.15, 0.2) is 0 Å². The second-order valence-electron chi connectivity index (χ2n) is 9.42. The fraction of sp³-hybridized carbons (Fsp3) is 0.667. The van der Waals surface area contributed by atoms with E-state index >= 15 is 0 Å². The molecule has 0 bridgehead atoms. The molecule has 0 aliphatic carbocycles. The predicted molar refractivity (Wildman–Crippen MR) is 137 cm³/mol. The molecule has 1 aromatic carbocycles. The van der Waals surface area contributed by atoms with Crippen LogP contribution >= 0.6 is 22.6 Å². The number of carbonyl (C=O) groups is 2. The normalized spacial score (nSPS) is 21.7. The van der Waals surface area contributed by atoms with Crippen LogP contribution in [0.1, 0.15) is 48.9 Å². The summed E-state index contributed by atoms with van der Waals surface area (Å²) in [4.78, 5) is 30.9. The lowest BCUT2D eigenvalue weighted by Gasteiger charge is -2.42. The zero-order chi connectivity index (χ0) is 23.4. The maximum atomic E-state index is 13.5. The molecule has 8 nitrogen and oxygen atoms in total. The number of piperidine rings is 2. The quantitative estimate of drug-likeness (QED) is 0.359. The number of hydrogen-bond acceptors (Lipinski definition) is 6. The predicted octanol–water partition coefficient (Wildman–Crippen LogP) is 2.07. The van der Waals surface area contributed by atoms with Crippen LogP contribution in [0, 0.1) is 9.49 Å². The van der Waals surface area contributed by atoms with Crippen LogP contribution in [-0.2, 0) is 4.79 Å². The Balaban J connectivity index is 1.39. The number of nitrogens with one attached hydrogen (secondary N) is 2. The van der Waals surface area contributed by atoms with E-state index < -0.39 is 0 Å². The summed E-state index contributed by atoms with van der Waals surface area (Å²) in [5.74, 6) is 1.09. The van der Waals surface area contributed by atoms with Gasteiger partial charge in [-0.3, -0.25) is 14.5 Å². The Labute approximate surface area is 210 Å². The van der Waals surface area contributed by atoms with Crippen LogP contribution in [-0.4, -0.2) is 80.1 Å². The summed E-state index contributed by atoms with van der Waals surface area (Å²) in [5.41, 5.74) is 7.07. The fourth-order valence-corrected chi connectivity index (χ4v) is 5.91. The summed E-state index contributed by atoms with van der Waals surface area (Å²) < 4.78 is 6.21. The SMILES string of the molecule is COc1cc(N)c(I)cc1C(=O)NC1CCN(C(C(=O)N2CCCC2)C2CCNCC2)CC1. The zero-order valence-electron chi connectivity index (χ0n) is 19.4. The number of nitrogens with zero attached hydrogens (tertiary/aromatic N) is 2. The molecule has 2 amide bonds. The number of nitrogens with two attached hydrogens (primary N) is 1. The molecule has 0 spiro atoms. The highest BCUT2D eigenvalue weighted by atomic mass is 127. The first-order valence-corrected chi connectivity index (χ1v) is 13.2. The van der Waals surface area contributed by atoms with Crippen LogP contribution in [0.5, 0.6) is 5.75 Å². The molecule has 1 aromatic rings. The maximum Gasteiger partial charge on any atom is 0.255 e. The molecule has 3 aliphatic rings. The summed E-state index contributed by atoms with van der Waals surface area (Å²) in [6.45, 7) is 5.43. The van der Waals surface area contributed by atoms with Gasteiger partial charge >= 0.3 is 0 Å². The highest BCUT2D eigenvalue weighted by Crippen LogP contribution is 2.29. The molecule has 0 saturated carbocycles. The van der Waals surface area contributed by atoms with Gasteiger partial charge in [-0.05, 0) is 86.2 Å². The fourth-order valence-electron chi connectivity index (χ4n) is 5.44. The standard InChI is InChI=1S/C24H36IN5O3/c1-33-21-15-20(26)19(25)14-18(21)23(31)28-17-6-12-29(13-7-17)22(16-4-8-27-9-5-16)24(32)30-10-2-3-11-30/h14-17,22,27H,2-13,26H2,1H3,(H,28,31). The summed E-state index contributed by atoms with van der Waals surface area (Å²) in [6.07, 6.45) is 6.02. The van der Waals surface area contributed by atoms with Crippen molar-refractivity contribution < 1.29 is 14.3 Å². The second-order valence-corrected chi connectivity index (χ2v) is 10.6. The number of hydrogen-bond donors (Lipinski definition) is 3. The molecule has 0 radical (unpaired) electrons. The number of halogens is 1. The van der Waals surface area contributed by atoms with E-state index in [0.717, 1.165) is 81.4 Å². The lowest BCUT2D eigenvalue weighted by molar-refractivity contribution is -0.139. The summed E-state index contributed by atoms with van der Waals surface area (Å²) in [6, 6.07) is 3.54. The van der Waals surface area contributed by atoms with Crippen LogP contribution in [0.4, 0.5) is 5.69 Å². The minimum Gasteiger partial charge on any atom is -0.496 e. The van der Waals surface area contributed by atoms with E-state index in [4.69, 9.17) is 10.5 Å². The molecule has 4 rings (SSSR count). The first-order valence-electron chi connectivity index (χ1n) is 12.2. The minimum atomic E-state index is -0.133. The average molecular weight is 569 g/mol. The van der Waals surface area contributed by atoms with Crippen molar-refractivity contribution in [2.45, 2.75) is 50.6 Å². The number of benzene rings is 1. The van der Waals surface area contributed by atoms with Crippen LogP contribution in [0.15, 0.2) is 12.1 Å². The van der Waals surface area contributed by atoms with Crippen molar-refractivity contribution in [3.8, 4) is 5.75 Å². The maximum absolute atomic E-state index is 13.5. The third-order valence-corrected chi connectivity index (χ3v) is 8.26. The number of amides is 2. The van der Waals surface area contributed by atoms with Gasteiger partial charge in [0.25, 0.3) is 5.91 Å². The lowest BCUT2D eigenvalue weighted by atomic mass is 9.86. The van der Waals surface area contributed by atoms with Crippen LogP contribution in [0.25, 0.3) is 0 Å². The van der Waals surface area contributed by atoms with Gasteiger partial charge in [-0.1, -0.05) is 0 Å². The molecule has 1 unspecified atom stereocenters. The van der Waals surface area contributed by atoms with Crippen molar-refractivity contribution >= 4 is 40.1 Å². The second kappa shape index (κ2) is 11.2. The average Bonchev–Trinajstić information content (AvgIpc) is 3.37. The monoisotopic (exact) mass is 569 g/mol. The Bertz CT molecular complexity index is 847. The molecule has 9 heteroatoms. The number of carbonyl (C=O) groups excluding carboxylic acids is 2. The minimum absolute atomic E-state index is 0.0272. The number of anilines is 1. The molecule has 33 heavy (non-hydrogen) atoms. The largest absolute Gasteiger partial charge is 0.496 e. The third-order valence-electron chi connectivity index (χ3n) is 7.32. The van der Waals surface area contributed by atoms with Gasteiger partial charge < -0.3 is 26.0 Å². The molecule has 3 heterocycles. The molecule has 3 aliphatic heterocycles. The Morgan fingerprint density at radius 2 is 1.79 bits per heavy atom. The molecular formula is C24H36IN5O3.